The Morgan fingerprint density at radius 1 is 0.963 bits per heavy atom. The van der Waals surface area contributed by atoms with Crippen LogP contribution in [0.1, 0.15) is 42.4 Å². The number of benzene rings is 2. The number of rotatable bonds is 6. The fourth-order valence-electron chi connectivity index (χ4n) is 4.10. The molecule has 0 saturated heterocycles. The van der Waals surface area contributed by atoms with Gasteiger partial charge in [-0.25, -0.2) is 4.68 Å². The molecule has 4 rings (SSSR count). The summed E-state index contributed by atoms with van der Waals surface area (Å²) >= 11 is 0. The average Bonchev–Trinajstić information content (AvgIpc) is 3.15. The van der Waals surface area contributed by atoms with E-state index in [1.807, 2.05) is 4.68 Å². The van der Waals surface area contributed by atoms with Crippen molar-refractivity contribution >= 4 is 0 Å². The minimum absolute atomic E-state index is 0.226. The van der Waals surface area contributed by atoms with Gasteiger partial charge in [-0.2, -0.15) is 0 Å². The van der Waals surface area contributed by atoms with E-state index in [0.29, 0.717) is 5.92 Å². The van der Waals surface area contributed by atoms with E-state index in [4.69, 9.17) is 0 Å². The van der Waals surface area contributed by atoms with E-state index < -0.39 is 0 Å². The zero-order chi connectivity index (χ0) is 18.6. The Morgan fingerprint density at radius 2 is 1.70 bits per heavy atom. The van der Waals surface area contributed by atoms with Crippen LogP contribution in [0.5, 0.6) is 0 Å². The van der Waals surface area contributed by atoms with Crippen molar-refractivity contribution < 1.29 is 0 Å². The molecule has 0 N–H and O–H groups in total. The van der Waals surface area contributed by atoms with E-state index in [2.05, 4.69) is 88.9 Å². The first-order valence-electron chi connectivity index (χ1n) is 9.83. The van der Waals surface area contributed by atoms with Gasteiger partial charge < -0.3 is 0 Å². The van der Waals surface area contributed by atoms with Gasteiger partial charge in [0.25, 0.3) is 0 Å². The lowest BCUT2D eigenvalue weighted by atomic mass is 9.94. The number of fused-ring (bicyclic) bond motifs is 1. The molecule has 1 atom stereocenters. The summed E-state index contributed by atoms with van der Waals surface area (Å²) in [6, 6.07) is 19.5. The van der Waals surface area contributed by atoms with Crippen LogP contribution >= 0.6 is 0 Å². The Bertz CT molecular complexity index is 871. The van der Waals surface area contributed by atoms with Gasteiger partial charge in [0.05, 0.1) is 6.04 Å². The normalized spacial score (nSPS) is 15.7. The molecule has 0 fully saturated rings. The van der Waals surface area contributed by atoms with Crippen LogP contribution < -0.4 is 0 Å². The van der Waals surface area contributed by atoms with Crippen molar-refractivity contribution in [2.45, 2.75) is 45.8 Å². The fourth-order valence-corrected chi connectivity index (χ4v) is 4.10. The smallest absolute Gasteiger partial charge is 0.168 e. The second-order valence-electron chi connectivity index (χ2n) is 7.67. The van der Waals surface area contributed by atoms with Crippen LogP contribution in [0.25, 0.3) is 0 Å². The number of aryl methyl sites for hydroxylation is 2. The second-order valence-corrected chi connectivity index (χ2v) is 7.67. The molecule has 140 valence electrons. The highest BCUT2D eigenvalue weighted by molar-refractivity contribution is 5.29. The first-order valence-corrected chi connectivity index (χ1v) is 9.83. The summed E-state index contributed by atoms with van der Waals surface area (Å²) in [4.78, 5) is 2.54. The van der Waals surface area contributed by atoms with E-state index in [9.17, 15) is 0 Å². The van der Waals surface area contributed by atoms with Crippen molar-refractivity contribution in [2.75, 3.05) is 6.54 Å². The van der Waals surface area contributed by atoms with Gasteiger partial charge in [0.2, 0.25) is 0 Å². The van der Waals surface area contributed by atoms with Crippen LogP contribution in [0.15, 0.2) is 54.6 Å². The third kappa shape index (κ3) is 3.93. The van der Waals surface area contributed by atoms with Crippen LogP contribution in [-0.4, -0.2) is 31.7 Å². The first kappa shape index (κ1) is 17.9. The standard InChI is InChI=1S/C22H27N5/c1-17(2)21(26-14-13-19-10-6-7-11-20(19)16-26)22-23-24-25-27(22)15-12-18-8-4-3-5-9-18/h3-11,17,21H,12-16H2,1-2H3/t21-/m0/s1. The monoisotopic (exact) mass is 361 g/mol. The van der Waals surface area contributed by atoms with E-state index in [1.165, 1.54) is 16.7 Å². The molecule has 0 bridgehead atoms. The molecule has 5 heteroatoms. The molecule has 0 spiro atoms. The molecule has 5 nitrogen and oxygen atoms in total. The Hall–Kier alpha value is -2.53. The summed E-state index contributed by atoms with van der Waals surface area (Å²) < 4.78 is 2.00. The quantitative estimate of drug-likeness (QED) is 0.672. The zero-order valence-corrected chi connectivity index (χ0v) is 16.1. The van der Waals surface area contributed by atoms with E-state index in [-0.39, 0.29) is 6.04 Å². The number of hydrogen-bond donors (Lipinski definition) is 0. The van der Waals surface area contributed by atoms with Gasteiger partial charge in [-0.05, 0) is 45.9 Å². The number of tetrazole rings is 1. The topological polar surface area (TPSA) is 46.8 Å². The van der Waals surface area contributed by atoms with Crippen LogP contribution in [0.2, 0.25) is 0 Å². The van der Waals surface area contributed by atoms with Gasteiger partial charge in [0, 0.05) is 19.6 Å². The Balaban J connectivity index is 1.54. The van der Waals surface area contributed by atoms with Crippen molar-refractivity contribution in [1.29, 1.82) is 0 Å². The lowest BCUT2D eigenvalue weighted by molar-refractivity contribution is 0.128. The molecule has 1 aliphatic heterocycles. The fraction of sp³-hybridized carbons (Fsp3) is 0.409. The highest BCUT2D eigenvalue weighted by atomic mass is 15.5. The van der Waals surface area contributed by atoms with Gasteiger partial charge in [-0.15, -0.1) is 5.10 Å². The molecule has 0 radical (unpaired) electrons. The molecule has 2 heterocycles. The Morgan fingerprint density at radius 3 is 2.48 bits per heavy atom. The van der Waals surface area contributed by atoms with Gasteiger partial charge in [-0.1, -0.05) is 68.4 Å². The van der Waals surface area contributed by atoms with E-state index in [0.717, 1.165) is 38.3 Å². The molecule has 2 aromatic carbocycles. The molecular formula is C22H27N5. The first-order chi connectivity index (χ1) is 13.2. The Labute approximate surface area is 161 Å². The highest BCUT2D eigenvalue weighted by Gasteiger charge is 2.31. The minimum Gasteiger partial charge on any atom is -0.288 e. The third-order valence-corrected chi connectivity index (χ3v) is 5.46. The molecule has 1 aliphatic rings. The molecule has 0 amide bonds. The number of hydrogen-bond acceptors (Lipinski definition) is 4. The molecule has 0 aliphatic carbocycles. The van der Waals surface area contributed by atoms with Crippen molar-refractivity contribution in [2.24, 2.45) is 5.92 Å². The average molecular weight is 361 g/mol. The van der Waals surface area contributed by atoms with Crippen molar-refractivity contribution in [1.82, 2.24) is 25.1 Å². The van der Waals surface area contributed by atoms with Crippen molar-refractivity contribution in [3.05, 3.63) is 77.1 Å². The minimum atomic E-state index is 0.226. The van der Waals surface area contributed by atoms with Crippen molar-refractivity contribution in [3.8, 4) is 0 Å². The van der Waals surface area contributed by atoms with Gasteiger partial charge in [0.15, 0.2) is 5.82 Å². The zero-order valence-electron chi connectivity index (χ0n) is 16.1. The Kier molecular flexibility index (Phi) is 5.30. The maximum atomic E-state index is 4.44. The molecule has 27 heavy (non-hydrogen) atoms. The largest absolute Gasteiger partial charge is 0.288 e. The molecule has 0 saturated carbocycles. The number of aromatic nitrogens is 4. The lowest BCUT2D eigenvalue weighted by Gasteiger charge is -2.37. The summed E-state index contributed by atoms with van der Waals surface area (Å²) in [5, 5.41) is 12.8. The van der Waals surface area contributed by atoms with Gasteiger partial charge >= 0.3 is 0 Å². The summed E-state index contributed by atoms with van der Waals surface area (Å²) in [6.45, 7) is 7.35. The van der Waals surface area contributed by atoms with Crippen molar-refractivity contribution in [3.63, 3.8) is 0 Å². The van der Waals surface area contributed by atoms with Crippen LogP contribution in [-0.2, 0) is 25.9 Å². The molecule has 3 aromatic rings. The summed E-state index contributed by atoms with van der Waals surface area (Å²) in [6.07, 6.45) is 2.03. The molecular weight excluding hydrogens is 334 g/mol. The lowest BCUT2D eigenvalue weighted by Crippen LogP contribution is -2.38. The van der Waals surface area contributed by atoms with E-state index >= 15 is 0 Å². The van der Waals surface area contributed by atoms with Gasteiger partial charge in [0.1, 0.15) is 0 Å². The number of nitrogens with zero attached hydrogens (tertiary/aromatic N) is 5. The van der Waals surface area contributed by atoms with E-state index in [1.54, 1.807) is 0 Å². The second kappa shape index (κ2) is 8.01. The predicted molar refractivity (Wildman–Crippen MR) is 106 cm³/mol. The maximum absolute atomic E-state index is 4.44. The predicted octanol–water partition coefficient (Wildman–Crippen LogP) is 3.67. The van der Waals surface area contributed by atoms with Crippen LogP contribution in [0, 0.1) is 5.92 Å². The third-order valence-electron chi connectivity index (χ3n) is 5.46. The maximum Gasteiger partial charge on any atom is 0.168 e. The van der Waals surface area contributed by atoms with Crippen LogP contribution in [0.4, 0.5) is 0 Å². The summed E-state index contributed by atoms with van der Waals surface area (Å²) in [5.41, 5.74) is 4.21. The summed E-state index contributed by atoms with van der Waals surface area (Å²) in [7, 11) is 0. The highest BCUT2D eigenvalue weighted by Crippen LogP contribution is 2.31. The summed E-state index contributed by atoms with van der Waals surface area (Å²) in [5.74, 6) is 1.43. The van der Waals surface area contributed by atoms with Crippen LogP contribution in [0.3, 0.4) is 0 Å². The molecule has 0 unspecified atom stereocenters. The molecule has 1 aromatic heterocycles. The van der Waals surface area contributed by atoms with Gasteiger partial charge in [-0.3, -0.25) is 4.90 Å². The SMILES string of the molecule is CC(C)[C@@H](c1nnnn1CCc1ccccc1)N1CCc2ccccc2C1.